The lowest BCUT2D eigenvalue weighted by molar-refractivity contribution is 0.306. The molecule has 0 radical (unpaired) electrons. The van der Waals surface area contributed by atoms with Crippen molar-refractivity contribution in [3.63, 3.8) is 0 Å². The van der Waals surface area contributed by atoms with E-state index in [1.807, 2.05) is 54.6 Å². The molecule has 0 aromatic heterocycles. The van der Waals surface area contributed by atoms with Crippen molar-refractivity contribution in [1.82, 2.24) is 0 Å². The molecule has 3 heteroatoms. The molecule has 0 saturated heterocycles. The number of ether oxygens (including phenoxy) is 1. The van der Waals surface area contributed by atoms with Crippen LogP contribution in [0.1, 0.15) is 11.1 Å². The second-order valence-corrected chi connectivity index (χ2v) is 5.08. The molecule has 0 unspecified atom stereocenters. The van der Waals surface area contributed by atoms with E-state index in [-0.39, 0.29) is 5.82 Å². The molecule has 0 aliphatic heterocycles. The topological polar surface area (TPSA) is 21.6 Å². The minimum Gasteiger partial charge on any atom is -0.489 e. The first-order valence-electron chi connectivity index (χ1n) is 7.36. The number of rotatable bonds is 5. The zero-order chi connectivity index (χ0) is 15.9. The third-order valence-corrected chi connectivity index (χ3v) is 3.30. The van der Waals surface area contributed by atoms with E-state index in [1.165, 1.54) is 12.1 Å². The second-order valence-electron chi connectivity index (χ2n) is 5.08. The van der Waals surface area contributed by atoms with Gasteiger partial charge in [-0.25, -0.2) is 4.39 Å². The fourth-order valence-electron chi connectivity index (χ4n) is 2.10. The van der Waals surface area contributed by atoms with Crippen LogP contribution in [0.4, 0.5) is 10.1 Å². The molecule has 3 rings (SSSR count). The summed E-state index contributed by atoms with van der Waals surface area (Å²) in [5, 5.41) is 0. The number of para-hydroxylation sites is 1. The summed E-state index contributed by atoms with van der Waals surface area (Å²) in [4.78, 5) is 4.42. The third kappa shape index (κ3) is 4.51. The van der Waals surface area contributed by atoms with Gasteiger partial charge in [0.2, 0.25) is 0 Å². The lowest BCUT2D eigenvalue weighted by Gasteiger charge is -2.07. The SMILES string of the molecule is Fc1ccc(COc2cccc(C=Nc3ccccc3)c2)cc1. The summed E-state index contributed by atoms with van der Waals surface area (Å²) < 4.78 is 18.6. The molecule has 0 saturated carbocycles. The zero-order valence-electron chi connectivity index (χ0n) is 12.5. The third-order valence-electron chi connectivity index (χ3n) is 3.30. The van der Waals surface area contributed by atoms with Gasteiger partial charge in [-0.2, -0.15) is 0 Å². The van der Waals surface area contributed by atoms with Crippen LogP contribution < -0.4 is 4.74 Å². The Morgan fingerprint density at radius 1 is 0.870 bits per heavy atom. The Labute approximate surface area is 134 Å². The predicted molar refractivity (Wildman–Crippen MR) is 90.9 cm³/mol. The van der Waals surface area contributed by atoms with Crippen LogP contribution in [0.2, 0.25) is 0 Å². The number of benzene rings is 3. The quantitative estimate of drug-likeness (QED) is 0.597. The van der Waals surface area contributed by atoms with Crippen molar-refractivity contribution in [3.8, 4) is 5.75 Å². The van der Waals surface area contributed by atoms with Gasteiger partial charge in [-0.05, 0) is 47.5 Å². The number of nitrogens with zero attached hydrogens (tertiary/aromatic N) is 1. The van der Waals surface area contributed by atoms with Crippen LogP contribution in [0.5, 0.6) is 5.75 Å². The Bertz CT molecular complexity index is 782. The molecule has 3 aromatic carbocycles. The van der Waals surface area contributed by atoms with Gasteiger partial charge in [-0.15, -0.1) is 0 Å². The Morgan fingerprint density at radius 3 is 2.43 bits per heavy atom. The summed E-state index contributed by atoms with van der Waals surface area (Å²) in [7, 11) is 0. The maximum atomic E-state index is 12.9. The van der Waals surface area contributed by atoms with Gasteiger partial charge in [0.25, 0.3) is 0 Å². The van der Waals surface area contributed by atoms with Crippen molar-refractivity contribution >= 4 is 11.9 Å². The maximum Gasteiger partial charge on any atom is 0.123 e. The smallest absolute Gasteiger partial charge is 0.123 e. The molecule has 0 atom stereocenters. The van der Waals surface area contributed by atoms with E-state index < -0.39 is 0 Å². The minimum atomic E-state index is -0.243. The molecular formula is C20H16FNO. The molecule has 0 aliphatic rings. The number of halogens is 1. The summed E-state index contributed by atoms with van der Waals surface area (Å²) >= 11 is 0. The Morgan fingerprint density at radius 2 is 1.65 bits per heavy atom. The average Bonchev–Trinajstić information content (AvgIpc) is 2.61. The van der Waals surface area contributed by atoms with Crippen LogP contribution in [0.15, 0.2) is 83.9 Å². The summed E-state index contributed by atoms with van der Waals surface area (Å²) in [5.41, 5.74) is 2.80. The fraction of sp³-hybridized carbons (Fsp3) is 0.0500. The monoisotopic (exact) mass is 305 g/mol. The molecule has 3 aromatic rings. The second kappa shape index (κ2) is 7.36. The first kappa shape index (κ1) is 15.0. The molecule has 0 aliphatic carbocycles. The first-order chi connectivity index (χ1) is 11.3. The lowest BCUT2D eigenvalue weighted by atomic mass is 10.2. The summed E-state index contributed by atoms with van der Waals surface area (Å²) in [6.07, 6.45) is 1.81. The average molecular weight is 305 g/mol. The van der Waals surface area contributed by atoms with Crippen molar-refractivity contribution in [3.05, 3.63) is 95.8 Å². The minimum absolute atomic E-state index is 0.243. The van der Waals surface area contributed by atoms with Crippen LogP contribution in [-0.2, 0) is 6.61 Å². The van der Waals surface area contributed by atoms with Crippen molar-refractivity contribution in [2.24, 2.45) is 4.99 Å². The number of hydrogen-bond acceptors (Lipinski definition) is 2. The van der Waals surface area contributed by atoms with Crippen LogP contribution in [0, 0.1) is 5.82 Å². The molecule has 2 nitrogen and oxygen atoms in total. The molecular weight excluding hydrogens is 289 g/mol. The van der Waals surface area contributed by atoms with Gasteiger partial charge >= 0.3 is 0 Å². The number of hydrogen-bond donors (Lipinski definition) is 0. The van der Waals surface area contributed by atoms with Gasteiger partial charge in [0, 0.05) is 6.21 Å². The Hall–Kier alpha value is -2.94. The standard InChI is InChI=1S/C20H16FNO/c21-18-11-9-16(10-12-18)15-23-20-8-4-5-17(13-20)14-22-19-6-2-1-3-7-19/h1-14H,15H2. The Kier molecular flexibility index (Phi) is 4.79. The van der Waals surface area contributed by atoms with Crippen LogP contribution in [-0.4, -0.2) is 6.21 Å². The molecule has 114 valence electrons. The maximum absolute atomic E-state index is 12.9. The summed E-state index contributed by atoms with van der Waals surface area (Å²) in [6, 6.07) is 23.8. The normalized spacial score (nSPS) is 10.8. The fourth-order valence-corrected chi connectivity index (χ4v) is 2.10. The van der Waals surface area contributed by atoms with Gasteiger partial charge in [-0.3, -0.25) is 4.99 Å². The van der Waals surface area contributed by atoms with E-state index in [1.54, 1.807) is 18.3 Å². The molecule has 23 heavy (non-hydrogen) atoms. The molecule has 0 amide bonds. The highest BCUT2D eigenvalue weighted by atomic mass is 19.1. The van der Waals surface area contributed by atoms with E-state index in [0.717, 1.165) is 22.6 Å². The molecule has 0 spiro atoms. The van der Waals surface area contributed by atoms with Gasteiger partial charge in [-0.1, -0.05) is 42.5 Å². The van der Waals surface area contributed by atoms with E-state index >= 15 is 0 Å². The zero-order valence-corrected chi connectivity index (χ0v) is 12.5. The highest BCUT2D eigenvalue weighted by molar-refractivity contribution is 5.82. The number of aliphatic imine (C=N–C) groups is 1. The van der Waals surface area contributed by atoms with Crippen molar-refractivity contribution < 1.29 is 9.13 Å². The predicted octanol–water partition coefficient (Wildman–Crippen LogP) is 5.16. The highest BCUT2D eigenvalue weighted by Crippen LogP contribution is 2.16. The Balaban J connectivity index is 1.65. The van der Waals surface area contributed by atoms with Gasteiger partial charge < -0.3 is 4.74 Å². The summed E-state index contributed by atoms with van der Waals surface area (Å²) in [6.45, 7) is 0.402. The largest absolute Gasteiger partial charge is 0.489 e. The molecule has 0 fully saturated rings. The van der Waals surface area contributed by atoms with E-state index in [2.05, 4.69) is 4.99 Å². The van der Waals surface area contributed by atoms with Crippen LogP contribution >= 0.6 is 0 Å². The van der Waals surface area contributed by atoms with Gasteiger partial charge in [0.15, 0.2) is 0 Å². The first-order valence-corrected chi connectivity index (χ1v) is 7.36. The van der Waals surface area contributed by atoms with Gasteiger partial charge in [0.05, 0.1) is 5.69 Å². The van der Waals surface area contributed by atoms with Crippen molar-refractivity contribution in [2.45, 2.75) is 6.61 Å². The van der Waals surface area contributed by atoms with Gasteiger partial charge in [0.1, 0.15) is 18.2 Å². The molecule has 0 heterocycles. The van der Waals surface area contributed by atoms with Crippen LogP contribution in [0.25, 0.3) is 0 Å². The van der Waals surface area contributed by atoms with Crippen LogP contribution in [0.3, 0.4) is 0 Å². The highest BCUT2D eigenvalue weighted by Gasteiger charge is 1.98. The summed E-state index contributed by atoms with van der Waals surface area (Å²) in [5.74, 6) is 0.513. The molecule has 0 bridgehead atoms. The van der Waals surface area contributed by atoms with Crippen molar-refractivity contribution in [2.75, 3.05) is 0 Å². The van der Waals surface area contributed by atoms with E-state index in [4.69, 9.17) is 4.74 Å². The van der Waals surface area contributed by atoms with E-state index in [9.17, 15) is 4.39 Å². The van der Waals surface area contributed by atoms with Crippen molar-refractivity contribution in [1.29, 1.82) is 0 Å². The van der Waals surface area contributed by atoms with E-state index in [0.29, 0.717) is 6.61 Å². The lowest BCUT2D eigenvalue weighted by Crippen LogP contribution is -1.96. The molecule has 0 N–H and O–H groups in total.